The lowest BCUT2D eigenvalue weighted by atomic mass is 9.80. The van der Waals surface area contributed by atoms with Crippen LogP contribution in [0.5, 0.6) is 0 Å². The Bertz CT molecular complexity index is 590. The van der Waals surface area contributed by atoms with Gasteiger partial charge in [-0.3, -0.25) is 10.2 Å². The van der Waals surface area contributed by atoms with Crippen LogP contribution in [0.2, 0.25) is 0 Å². The first-order valence-electron chi connectivity index (χ1n) is 7.75. The highest BCUT2D eigenvalue weighted by Crippen LogP contribution is 2.44. The molecule has 0 unspecified atom stereocenters. The van der Waals surface area contributed by atoms with Crippen molar-refractivity contribution < 1.29 is 18.0 Å². The minimum atomic E-state index is -4.57. The molecule has 24 heavy (non-hydrogen) atoms. The number of hydrogen-bond donors (Lipinski definition) is 3. The average molecular weight is 341 g/mol. The highest BCUT2D eigenvalue weighted by molar-refractivity contribution is 6.35. The third-order valence-corrected chi connectivity index (χ3v) is 4.29. The smallest absolute Gasteiger partial charge is 0.355 e. The molecule has 0 aliphatic rings. The minimum absolute atomic E-state index is 0.0794. The Labute approximate surface area is 139 Å². The number of benzene rings is 1. The van der Waals surface area contributed by atoms with Crippen molar-refractivity contribution in [2.24, 2.45) is 5.41 Å². The fourth-order valence-corrected chi connectivity index (χ4v) is 2.52. The Morgan fingerprint density at radius 3 is 2.12 bits per heavy atom. The lowest BCUT2D eigenvalue weighted by Gasteiger charge is -2.32. The van der Waals surface area contributed by atoms with Gasteiger partial charge in [0.05, 0.1) is 5.71 Å². The van der Waals surface area contributed by atoms with Crippen molar-refractivity contribution in [2.75, 3.05) is 6.54 Å². The van der Waals surface area contributed by atoms with Gasteiger partial charge >= 0.3 is 6.18 Å². The maximum absolute atomic E-state index is 13.2. The molecule has 1 rings (SSSR count). The van der Waals surface area contributed by atoms with Crippen molar-refractivity contribution >= 4 is 17.8 Å². The molecule has 4 nitrogen and oxygen atoms in total. The van der Waals surface area contributed by atoms with E-state index < -0.39 is 17.5 Å². The Morgan fingerprint density at radius 1 is 1.17 bits per heavy atom. The SMILES string of the molecule is CCC(CC)(C(=O)NCCc1ccc(C(=N)C=N)cc1)C(F)(F)F. The molecule has 0 heterocycles. The quantitative estimate of drug-likeness (QED) is 0.619. The van der Waals surface area contributed by atoms with E-state index >= 15 is 0 Å². The Balaban J connectivity index is 2.68. The molecule has 0 saturated heterocycles. The van der Waals surface area contributed by atoms with E-state index in [1.165, 1.54) is 13.8 Å². The number of amides is 1. The van der Waals surface area contributed by atoms with Gasteiger partial charge in [-0.2, -0.15) is 13.2 Å². The van der Waals surface area contributed by atoms with E-state index in [0.717, 1.165) is 11.8 Å². The summed E-state index contributed by atoms with van der Waals surface area (Å²) < 4.78 is 39.7. The van der Waals surface area contributed by atoms with E-state index in [4.69, 9.17) is 10.8 Å². The summed E-state index contributed by atoms with van der Waals surface area (Å²) in [4.78, 5) is 12.1. The molecule has 7 heteroatoms. The monoisotopic (exact) mass is 341 g/mol. The summed E-state index contributed by atoms with van der Waals surface area (Å²) in [6.45, 7) is 2.85. The van der Waals surface area contributed by atoms with Crippen molar-refractivity contribution in [3.05, 3.63) is 35.4 Å². The topological polar surface area (TPSA) is 76.8 Å². The number of halogens is 3. The predicted octanol–water partition coefficient (Wildman–Crippen LogP) is 3.73. The van der Waals surface area contributed by atoms with Gasteiger partial charge in [0.1, 0.15) is 5.41 Å². The summed E-state index contributed by atoms with van der Waals surface area (Å²) in [5, 5.41) is 16.9. The molecule has 0 fully saturated rings. The molecule has 0 aliphatic carbocycles. The second-order valence-electron chi connectivity index (χ2n) is 5.55. The molecule has 0 aromatic heterocycles. The largest absolute Gasteiger partial charge is 0.403 e. The number of carbonyl (C=O) groups excluding carboxylic acids is 1. The van der Waals surface area contributed by atoms with Crippen LogP contribution in [0, 0.1) is 16.2 Å². The Morgan fingerprint density at radius 2 is 1.71 bits per heavy atom. The van der Waals surface area contributed by atoms with Crippen LogP contribution in [0.25, 0.3) is 0 Å². The molecule has 0 saturated carbocycles. The van der Waals surface area contributed by atoms with E-state index in [0.29, 0.717) is 12.0 Å². The number of alkyl halides is 3. The third-order valence-electron chi connectivity index (χ3n) is 4.29. The maximum atomic E-state index is 13.2. The van der Waals surface area contributed by atoms with Crippen molar-refractivity contribution in [1.29, 1.82) is 10.8 Å². The third kappa shape index (κ3) is 4.21. The minimum Gasteiger partial charge on any atom is -0.355 e. The van der Waals surface area contributed by atoms with Crippen LogP contribution in [0.3, 0.4) is 0 Å². The molecule has 132 valence electrons. The summed E-state index contributed by atoms with van der Waals surface area (Å²) in [6.07, 6.45) is -3.83. The van der Waals surface area contributed by atoms with Crippen LogP contribution in [0.15, 0.2) is 24.3 Å². The molecule has 1 aromatic rings. The lowest BCUT2D eigenvalue weighted by Crippen LogP contribution is -2.50. The Kier molecular flexibility index (Phi) is 6.69. The molecular formula is C17H22F3N3O. The number of rotatable bonds is 8. The lowest BCUT2D eigenvalue weighted by molar-refractivity contribution is -0.223. The fraction of sp³-hybridized carbons (Fsp3) is 0.471. The number of carbonyl (C=O) groups is 1. The first-order chi connectivity index (χ1) is 11.2. The van der Waals surface area contributed by atoms with Gasteiger partial charge in [0.25, 0.3) is 0 Å². The number of hydrogen-bond acceptors (Lipinski definition) is 3. The van der Waals surface area contributed by atoms with Crippen LogP contribution in [0.4, 0.5) is 13.2 Å². The zero-order valence-electron chi connectivity index (χ0n) is 13.8. The van der Waals surface area contributed by atoms with Crippen LogP contribution in [-0.4, -0.2) is 30.6 Å². The molecule has 0 atom stereocenters. The molecule has 0 spiro atoms. The van der Waals surface area contributed by atoms with Crippen molar-refractivity contribution in [1.82, 2.24) is 5.32 Å². The van der Waals surface area contributed by atoms with E-state index in [-0.39, 0.29) is 25.1 Å². The van der Waals surface area contributed by atoms with Crippen molar-refractivity contribution in [3.8, 4) is 0 Å². The van der Waals surface area contributed by atoms with Crippen LogP contribution < -0.4 is 5.32 Å². The van der Waals surface area contributed by atoms with Gasteiger partial charge in [0.15, 0.2) is 0 Å². The van der Waals surface area contributed by atoms with Gasteiger partial charge in [-0.1, -0.05) is 38.1 Å². The molecule has 0 bridgehead atoms. The van der Waals surface area contributed by atoms with Crippen LogP contribution in [-0.2, 0) is 11.2 Å². The van der Waals surface area contributed by atoms with E-state index in [1.807, 2.05) is 0 Å². The highest BCUT2D eigenvalue weighted by Gasteiger charge is 2.57. The van der Waals surface area contributed by atoms with Crippen LogP contribution in [0.1, 0.15) is 37.8 Å². The van der Waals surface area contributed by atoms with E-state index in [9.17, 15) is 18.0 Å². The van der Waals surface area contributed by atoms with E-state index in [2.05, 4.69) is 5.32 Å². The maximum Gasteiger partial charge on any atom is 0.403 e. The first kappa shape index (κ1) is 19.9. The first-order valence-corrected chi connectivity index (χ1v) is 7.75. The molecule has 3 N–H and O–H groups in total. The van der Waals surface area contributed by atoms with Gasteiger partial charge in [0.2, 0.25) is 5.91 Å². The van der Waals surface area contributed by atoms with Gasteiger partial charge in [-0.25, -0.2) is 0 Å². The average Bonchev–Trinajstić information content (AvgIpc) is 2.55. The van der Waals surface area contributed by atoms with Gasteiger partial charge < -0.3 is 10.7 Å². The summed E-state index contributed by atoms with van der Waals surface area (Å²) in [5.41, 5.74) is -0.834. The summed E-state index contributed by atoms with van der Waals surface area (Å²) >= 11 is 0. The second kappa shape index (κ2) is 8.08. The summed E-state index contributed by atoms with van der Waals surface area (Å²) in [5.74, 6) is -0.984. The Hall–Kier alpha value is -2.18. The molecule has 1 amide bonds. The molecular weight excluding hydrogens is 319 g/mol. The normalized spacial score (nSPS) is 11.9. The van der Waals surface area contributed by atoms with Gasteiger partial charge in [-0.15, -0.1) is 0 Å². The number of nitrogens with one attached hydrogen (secondary N) is 3. The molecule has 1 aromatic carbocycles. The summed E-state index contributed by atoms with van der Waals surface area (Å²) in [7, 11) is 0. The van der Waals surface area contributed by atoms with Crippen molar-refractivity contribution in [3.63, 3.8) is 0 Å². The van der Waals surface area contributed by atoms with Crippen LogP contribution >= 0.6 is 0 Å². The summed E-state index contributed by atoms with van der Waals surface area (Å²) in [6, 6.07) is 6.80. The van der Waals surface area contributed by atoms with E-state index in [1.54, 1.807) is 24.3 Å². The van der Waals surface area contributed by atoms with Gasteiger partial charge in [0, 0.05) is 18.3 Å². The zero-order chi connectivity index (χ0) is 18.4. The van der Waals surface area contributed by atoms with Crippen molar-refractivity contribution in [2.45, 2.75) is 39.3 Å². The molecule has 0 radical (unpaired) electrons. The predicted molar refractivity (Wildman–Crippen MR) is 87.8 cm³/mol. The second-order valence-corrected chi connectivity index (χ2v) is 5.55. The highest BCUT2D eigenvalue weighted by atomic mass is 19.4. The zero-order valence-corrected chi connectivity index (χ0v) is 13.8. The fourth-order valence-electron chi connectivity index (χ4n) is 2.52. The molecule has 0 aliphatic heterocycles. The van der Waals surface area contributed by atoms with Gasteiger partial charge in [-0.05, 0) is 24.8 Å². The standard InChI is InChI=1S/C17H22F3N3O/c1-3-16(4-2,17(18,19)20)15(24)23-10-9-12-5-7-13(8-6-12)14(22)11-21/h5-8,11,21-22H,3-4,9-10H2,1-2H3,(H,23,24).